The second-order valence-corrected chi connectivity index (χ2v) is 6.24. The van der Waals surface area contributed by atoms with Crippen LogP contribution in [0.25, 0.3) is 10.6 Å². The van der Waals surface area contributed by atoms with E-state index in [0.717, 1.165) is 10.6 Å². The molecule has 0 bridgehead atoms. The van der Waals surface area contributed by atoms with Gasteiger partial charge in [-0.1, -0.05) is 0 Å². The minimum atomic E-state index is -1.25. The molecule has 0 radical (unpaired) electrons. The maximum atomic E-state index is 12.2. The van der Waals surface area contributed by atoms with E-state index >= 15 is 0 Å². The molecule has 6 nitrogen and oxygen atoms in total. The third-order valence-electron chi connectivity index (χ3n) is 3.53. The van der Waals surface area contributed by atoms with Crippen molar-refractivity contribution in [1.82, 2.24) is 14.9 Å². The number of aliphatic carboxylic acids is 1. The Kier molecular flexibility index (Phi) is 4.56. The molecule has 0 atom stereocenters. The van der Waals surface area contributed by atoms with Gasteiger partial charge in [-0.2, -0.15) is 0 Å². The fourth-order valence-corrected chi connectivity index (χ4v) is 2.55. The van der Waals surface area contributed by atoms with Gasteiger partial charge in [0.15, 0.2) is 0 Å². The summed E-state index contributed by atoms with van der Waals surface area (Å²) in [7, 11) is 1.49. The Morgan fingerprint density at radius 1 is 1.41 bits per heavy atom. The summed E-state index contributed by atoms with van der Waals surface area (Å²) >= 11 is 1.43. The van der Waals surface area contributed by atoms with E-state index in [4.69, 9.17) is 5.11 Å². The number of carboxylic acid groups (broad SMARTS) is 1. The van der Waals surface area contributed by atoms with Crippen molar-refractivity contribution in [2.45, 2.75) is 25.8 Å². The number of amides is 1. The second kappa shape index (κ2) is 6.23. The molecular weight excluding hydrogens is 302 g/mol. The Labute approximate surface area is 132 Å². The van der Waals surface area contributed by atoms with E-state index in [-0.39, 0.29) is 12.3 Å². The minimum absolute atomic E-state index is 0.0734. The Hall–Kier alpha value is -2.28. The van der Waals surface area contributed by atoms with Crippen LogP contribution in [0.2, 0.25) is 0 Å². The average molecular weight is 319 g/mol. The highest BCUT2D eigenvalue weighted by atomic mass is 32.1. The molecule has 0 aliphatic rings. The van der Waals surface area contributed by atoms with Crippen LogP contribution in [0.15, 0.2) is 29.9 Å². The van der Waals surface area contributed by atoms with Crippen molar-refractivity contribution in [1.29, 1.82) is 0 Å². The monoisotopic (exact) mass is 319 g/mol. The number of carbonyl (C=O) groups is 2. The molecule has 0 unspecified atom stereocenters. The van der Waals surface area contributed by atoms with E-state index in [0.29, 0.717) is 5.69 Å². The van der Waals surface area contributed by atoms with Crippen molar-refractivity contribution < 1.29 is 14.7 Å². The van der Waals surface area contributed by atoms with Crippen LogP contribution in [-0.4, -0.2) is 44.4 Å². The fraction of sp³-hybridized carbons (Fsp3) is 0.333. The normalized spacial score (nSPS) is 11.2. The quantitative estimate of drug-likeness (QED) is 0.912. The number of hydrogen-bond acceptors (Lipinski definition) is 5. The van der Waals surface area contributed by atoms with Crippen LogP contribution in [-0.2, 0) is 16.0 Å². The van der Waals surface area contributed by atoms with E-state index < -0.39 is 11.5 Å². The second-order valence-electron chi connectivity index (χ2n) is 5.38. The Morgan fingerprint density at radius 2 is 2.14 bits per heavy atom. The predicted octanol–water partition coefficient (Wildman–Crippen LogP) is 2.07. The Bertz CT molecular complexity index is 682. The maximum absolute atomic E-state index is 12.2. The van der Waals surface area contributed by atoms with Crippen LogP contribution in [0, 0.1) is 0 Å². The molecule has 2 rings (SSSR count). The van der Waals surface area contributed by atoms with Crippen LogP contribution in [0.4, 0.5) is 0 Å². The summed E-state index contributed by atoms with van der Waals surface area (Å²) in [5.41, 5.74) is 0.270. The summed E-state index contributed by atoms with van der Waals surface area (Å²) in [6.07, 6.45) is 3.47. The first-order valence-electron chi connectivity index (χ1n) is 6.67. The lowest BCUT2D eigenvalue weighted by Gasteiger charge is -2.31. The van der Waals surface area contributed by atoms with Gasteiger partial charge in [0.1, 0.15) is 10.5 Å². The molecule has 0 saturated carbocycles. The Morgan fingerprint density at radius 3 is 2.73 bits per heavy atom. The summed E-state index contributed by atoms with van der Waals surface area (Å²) in [5.74, 6) is -1.33. The zero-order chi connectivity index (χ0) is 16.3. The van der Waals surface area contributed by atoms with Gasteiger partial charge in [-0.3, -0.25) is 9.78 Å². The highest BCUT2D eigenvalue weighted by Crippen LogP contribution is 2.23. The zero-order valence-electron chi connectivity index (χ0n) is 12.6. The molecule has 7 heteroatoms. The molecule has 2 heterocycles. The number of likely N-dealkylation sites (N-methyl/N-ethyl adjacent to an activating group) is 1. The van der Waals surface area contributed by atoms with E-state index in [1.54, 1.807) is 12.4 Å². The number of pyridine rings is 1. The van der Waals surface area contributed by atoms with Crippen molar-refractivity contribution >= 4 is 23.2 Å². The van der Waals surface area contributed by atoms with Crippen molar-refractivity contribution in [3.8, 4) is 10.6 Å². The summed E-state index contributed by atoms with van der Waals surface area (Å²) in [4.78, 5) is 33.1. The number of thiazole rings is 1. The lowest BCUT2D eigenvalue weighted by Crippen LogP contribution is -2.51. The number of carbonyl (C=O) groups excluding carboxylic acids is 1. The van der Waals surface area contributed by atoms with Gasteiger partial charge in [-0.25, -0.2) is 9.78 Å². The molecule has 2 aromatic heterocycles. The molecule has 1 amide bonds. The van der Waals surface area contributed by atoms with Crippen LogP contribution in [0.5, 0.6) is 0 Å². The molecule has 116 valence electrons. The van der Waals surface area contributed by atoms with Gasteiger partial charge in [0.2, 0.25) is 5.91 Å². The van der Waals surface area contributed by atoms with Crippen molar-refractivity contribution in [3.63, 3.8) is 0 Å². The van der Waals surface area contributed by atoms with Gasteiger partial charge < -0.3 is 10.0 Å². The number of nitrogens with zero attached hydrogens (tertiary/aromatic N) is 3. The van der Waals surface area contributed by atoms with E-state index in [9.17, 15) is 9.59 Å². The average Bonchev–Trinajstić information content (AvgIpc) is 2.95. The molecule has 0 saturated heterocycles. The van der Waals surface area contributed by atoms with Gasteiger partial charge in [0.25, 0.3) is 0 Å². The summed E-state index contributed by atoms with van der Waals surface area (Å²) in [6.45, 7) is 2.99. The first-order chi connectivity index (χ1) is 10.3. The van der Waals surface area contributed by atoms with Gasteiger partial charge in [0.05, 0.1) is 12.1 Å². The number of carboxylic acids is 1. The minimum Gasteiger partial charge on any atom is -0.480 e. The van der Waals surface area contributed by atoms with Gasteiger partial charge in [0, 0.05) is 30.4 Å². The van der Waals surface area contributed by atoms with Crippen LogP contribution < -0.4 is 0 Å². The third-order valence-corrected chi connectivity index (χ3v) is 4.47. The molecule has 2 aromatic rings. The van der Waals surface area contributed by atoms with Gasteiger partial charge in [-0.05, 0) is 26.0 Å². The van der Waals surface area contributed by atoms with E-state index in [2.05, 4.69) is 9.97 Å². The smallest absolute Gasteiger partial charge is 0.329 e. The van der Waals surface area contributed by atoms with Crippen LogP contribution in [0.1, 0.15) is 19.5 Å². The number of hydrogen-bond donors (Lipinski definition) is 1. The highest BCUT2D eigenvalue weighted by molar-refractivity contribution is 7.13. The molecule has 0 aromatic carbocycles. The van der Waals surface area contributed by atoms with E-state index in [1.807, 2.05) is 17.5 Å². The standard InChI is InChI=1S/C15H17N3O3S/c1-15(2,14(20)21)18(3)12(19)7-11-9-22-13(17-11)10-5-4-6-16-8-10/h4-6,8-9H,7H2,1-3H3,(H,20,21). The molecule has 22 heavy (non-hydrogen) atoms. The first kappa shape index (κ1) is 16.1. The topological polar surface area (TPSA) is 83.4 Å². The van der Waals surface area contributed by atoms with Crippen LogP contribution in [0.3, 0.4) is 0 Å². The zero-order valence-corrected chi connectivity index (χ0v) is 13.4. The van der Waals surface area contributed by atoms with Crippen molar-refractivity contribution in [2.75, 3.05) is 7.05 Å². The predicted molar refractivity (Wildman–Crippen MR) is 83.5 cm³/mol. The summed E-state index contributed by atoms with van der Waals surface area (Å²) < 4.78 is 0. The number of aromatic nitrogens is 2. The van der Waals surface area contributed by atoms with Gasteiger partial charge in [-0.15, -0.1) is 11.3 Å². The fourth-order valence-electron chi connectivity index (χ4n) is 1.74. The van der Waals surface area contributed by atoms with Crippen molar-refractivity contribution in [2.24, 2.45) is 0 Å². The summed E-state index contributed by atoms with van der Waals surface area (Å²) in [6, 6.07) is 3.72. The van der Waals surface area contributed by atoms with Crippen LogP contribution >= 0.6 is 11.3 Å². The van der Waals surface area contributed by atoms with Crippen molar-refractivity contribution in [3.05, 3.63) is 35.6 Å². The molecule has 0 aliphatic heterocycles. The lowest BCUT2D eigenvalue weighted by atomic mass is 10.0. The Balaban J connectivity index is 2.10. The van der Waals surface area contributed by atoms with E-state index in [1.165, 1.54) is 37.1 Å². The molecule has 0 aliphatic carbocycles. The molecule has 0 spiro atoms. The molecular formula is C15H17N3O3S. The first-order valence-corrected chi connectivity index (χ1v) is 7.55. The number of rotatable bonds is 5. The SMILES string of the molecule is CN(C(=O)Cc1csc(-c2cccnc2)n1)C(C)(C)C(=O)O. The summed E-state index contributed by atoms with van der Waals surface area (Å²) in [5, 5.41) is 11.8. The lowest BCUT2D eigenvalue weighted by molar-refractivity contribution is -0.155. The maximum Gasteiger partial charge on any atom is 0.329 e. The molecule has 0 fully saturated rings. The molecule has 1 N–H and O–H groups in total. The van der Waals surface area contributed by atoms with Gasteiger partial charge >= 0.3 is 5.97 Å². The third kappa shape index (κ3) is 3.30. The largest absolute Gasteiger partial charge is 0.480 e. The highest BCUT2D eigenvalue weighted by Gasteiger charge is 2.35.